The van der Waals surface area contributed by atoms with Crippen LogP contribution in [0.25, 0.3) is 0 Å². The van der Waals surface area contributed by atoms with Crippen molar-refractivity contribution in [1.29, 1.82) is 0 Å². The summed E-state index contributed by atoms with van der Waals surface area (Å²) in [6, 6.07) is 5.71. The number of para-hydroxylation sites is 1. The SMILES string of the molecule is C#Cc1cccc(Br)c1OCC(C)(C)C. The highest BCUT2D eigenvalue weighted by molar-refractivity contribution is 9.10. The first-order chi connectivity index (χ1) is 6.94. The van der Waals surface area contributed by atoms with Gasteiger partial charge in [-0.15, -0.1) is 6.42 Å². The third-order valence-corrected chi connectivity index (χ3v) is 2.40. The Labute approximate surface area is 100.0 Å². The normalized spacial score (nSPS) is 10.9. The monoisotopic (exact) mass is 266 g/mol. The highest BCUT2D eigenvalue weighted by Crippen LogP contribution is 2.30. The number of terminal acetylenes is 1. The molecule has 0 aliphatic heterocycles. The topological polar surface area (TPSA) is 9.23 Å². The van der Waals surface area contributed by atoms with Gasteiger partial charge >= 0.3 is 0 Å². The van der Waals surface area contributed by atoms with E-state index in [2.05, 4.69) is 42.6 Å². The molecule has 0 N–H and O–H groups in total. The van der Waals surface area contributed by atoms with E-state index in [-0.39, 0.29) is 5.41 Å². The van der Waals surface area contributed by atoms with Gasteiger partial charge in [-0.1, -0.05) is 32.8 Å². The molecule has 0 aliphatic carbocycles. The van der Waals surface area contributed by atoms with Crippen LogP contribution in [0.2, 0.25) is 0 Å². The minimum absolute atomic E-state index is 0.126. The summed E-state index contributed by atoms with van der Waals surface area (Å²) in [5.41, 5.74) is 0.912. The maximum absolute atomic E-state index is 5.73. The van der Waals surface area contributed by atoms with Crippen LogP contribution in [0, 0.1) is 17.8 Å². The highest BCUT2D eigenvalue weighted by atomic mass is 79.9. The second-order valence-corrected chi connectivity index (χ2v) is 5.46. The molecular weight excluding hydrogens is 252 g/mol. The molecule has 0 radical (unpaired) electrons. The van der Waals surface area contributed by atoms with Crippen molar-refractivity contribution in [3.63, 3.8) is 0 Å². The van der Waals surface area contributed by atoms with Crippen LogP contribution in [0.3, 0.4) is 0 Å². The third kappa shape index (κ3) is 3.60. The lowest BCUT2D eigenvalue weighted by molar-refractivity contribution is 0.196. The van der Waals surface area contributed by atoms with Crippen LogP contribution in [0.1, 0.15) is 26.3 Å². The Balaban J connectivity index is 2.90. The fraction of sp³-hybridized carbons (Fsp3) is 0.385. The van der Waals surface area contributed by atoms with Crippen molar-refractivity contribution in [2.24, 2.45) is 5.41 Å². The lowest BCUT2D eigenvalue weighted by Gasteiger charge is -2.20. The Kier molecular flexibility index (Phi) is 3.82. The van der Waals surface area contributed by atoms with Crippen LogP contribution in [0.15, 0.2) is 22.7 Å². The van der Waals surface area contributed by atoms with Gasteiger partial charge in [-0.2, -0.15) is 0 Å². The van der Waals surface area contributed by atoms with Gasteiger partial charge in [0.1, 0.15) is 5.75 Å². The van der Waals surface area contributed by atoms with Crippen LogP contribution in [0.4, 0.5) is 0 Å². The van der Waals surface area contributed by atoms with Gasteiger partial charge in [0.2, 0.25) is 0 Å². The maximum atomic E-state index is 5.73. The van der Waals surface area contributed by atoms with Gasteiger partial charge in [0.15, 0.2) is 0 Å². The molecule has 0 amide bonds. The van der Waals surface area contributed by atoms with Crippen molar-refractivity contribution in [1.82, 2.24) is 0 Å². The summed E-state index contributed by atoms with van der Waals surface area (Å²) >= 11 is 3.44. The molecule has 0 atom stereocenters. The zero-order chi connectivity index (χ0) is 11.5. The molecule has 0 aromatic heterocycles. The van der Waals surface area contributed by atoms with E-state index in [0.29, 0.717) is 6.61 Å². The molecule has 1 rings (SSSR count). The van der Waals surface area contributed by atoms with E-state index in [1.54, 1.807) is 0 Å². The summed E-state index contributed by atoms with van der Waals surface area (Å²) in [7, 11) is 0. The largest absolute Gasteiger partial charge is 0.491 e. The van der Waals surface area contributed by atoms with Crippen molar-refractivity contribution in [2.75, 3.05) is 6.61 Å². The first kappa shape index (κ1) is 12.1. The fourth-order valence-electron chi connectivity index (χ4n) is 1.06. The number of benzene rings is 1. The number of hydrogen-bond donors (Lipinski definition) is 0. The molecule has 0 bridgehead atoms. The summed E-state index contributed by atoms with van der Waals surface area (Å²) in [5.74, 6) is 3.38. The second kappa shape index (κ2) is 4.72. The van der Waals surface area contributed by atoms with Gasteiger partial charge in [0.05, 0.1) is 16.6 Å². The molecule has 2 heteroatoms. The average molecular weight is 267 g/mol. The van der Waals surface area contributed by atoms with E-state index in [9.17, 15) is 0 Å². The van der Waals surface area contributed by atoms with Gasteiger partial charge in [-0.25, -0.2) is 0 Å². The van der Waals surface area contributed by atoms with Gasteiger partial charge in [-0.3, -0.25) is 0 Å². The zero-order valence-electron chi connectivity index (χ0n) is 9.30. The first-order valence-corrected chi connectivity index (χ1v) is 5.61. The van der Waals surface area contributed by atoms with Crippen molar-refractivity contribution >= 4 is 15.9 Å². The molecular formula is C13H15BrO. The Morgan fingerprint density at radius 2 is 2.07 bits per heavy atom. The number of ether oxygens (including phenoxy) is 1. The summed E-state index contributed by atoms with van der Waals surface area (Å²) in [4.78, 5) is 0. The first-order valence-electron chi connectivity index (χ1n) is 4.82. The molecule has 1 nitrogen and oxygen atoms in total. The summed E-state index contributed by atoms with van der Waals surface area (Å²) in [6.07, 6.45) is 5.41. The minimum atomic E-state index is 0.126. The second-order valence-electron chi connectivity index (χ2n) is 4.61. The van der Waals surface area contributed by atoms with Crippen molar-refractivity contribution in [3.8, 4) is 18.1 Å². The molecule has 1 aromatic carbocycles. The molecule has 0 saturated carbocycles. The summed E-state index contributed by atoms with van der Waals surface area (Å²) in [5, 5.41) is 0. The van der Waals surface area contributed by atoms with Gasteiger partial charge in [-0.05, 0) is 33.5 Å². The standard InChI is InChI=1S/C13H15BrO/c1-5-10-7-6-8-11(14)12(10)15-9-13(2,3)4/h1,6-8H,9H2,2-4H3. The molecule has 80 valence electrons. The van der Waals surface area contributed by atoms with Crippen molar-refractivity contribution in [3.05, 3.63) is 28.2 Å². The lowest BCUT2D eigenvalue weighted by Crippen LogP contribution is -2.17. The average Bonchev–Trinajstić information content (AvgIpc) is 2.14. The van der Waals surface area contributed by atoms with E-state index < -0.39 is 0 Å². The Bertz CT molecular complexity index is 383. The molecule has 1 aromatic rings. The molecule has 0 fully saturated rings. The molecule has 0 aliphatic rings. The van der Waals surface area contributed by atoms with E-state index >= 15 is 0 Å². The van der Waals surface area contributed by atoms with Crippen molar-refractivity contribution < 1.29 is 4.74 Å². The number of halogens is 1. The predicted octanol–water partition coefficient (Wildman–Crippen LogP) is 3.86. The van der Waals surface area contributed by atoms with Gasteiger partial charge in [0, 0.05) is 0 Å². The Morgan fingerprint density at radius 1 is 1.40 bits per heavy atom. The van der Waals surface area contributed by atoms with Gasteiger partial charge in [0.25, 0.3) is 0 Å². The van der Waals surface area contributed by atoms with Crippen LogP contribution < -0.4 is 4.74 Å². The Morgan fingerprint density at radius 3 is 2.60 bits per heavy atom. The smallest absolute Gasteiger partial charge is 0.149 e. The number of rotatable bonds is 2. The Hall–Kier alpha value is -0.940. The minimum Gasteiger partial charge on any atom is -0.491 e. The van der Waals surface area contributed by atoms with E-state index in [0.717, 1.165) is 15.8 Å². The van der Waals surface area contributed by atoms with Crippen molar-refractivity contribution in [2.45, 2.75) is 20.8 Å². The van der Waals surface area contributed by atoms with Gasteiger partial charge < -0.3 is 4.74 Å². The summed E-state index contributed by atoms with van der Waals surface area (Å²) < 4.78 is 6.64. The van der Waals surface area contributed by atoms with Crippen LogP contribution in [-0.4, -0.2) is 6.61 Å². The molecule has 0 heterocycles. The lowest BCUT2D eigenvalue weighted by atomic mass is 9.98. The van der Waals surface area contributed by atoms with E-state index in [4.69, 9.17) is 11.2 Å². The van der Waals surface area contributed by atoms with E-state index in [1.165, 1.54) is 0 Å². The number of hydrogen-bond acceptors (Lipinski definition) is 1. The molecule has 0 unspecified atom stereocenters. The fourth-order valence-corrected chi connectivity index (χ4v) is 1.54. The molecule has 0 spiro atoms. The quantitative estimate of drug-likeness (QED) is 0.739. The molecule has 0 saturated heterocycles. The zero-order valence-corrected chi connectivity index (χ0v) is 10.9. The van der Waals surface area contributed by atoms with E-state index in [1.807, 2.05) is 18.2 Å². The third-order valence-electron chi connectivity index (χ3n) is 1.77. The summed E-state index contributed by atoms with van der Waals surface area (Å²) in [6.45, 7) is 7.02. The maximum Gasteiger partial charge on any atom is 0.149 e. The van der Waals surface area contributed by atoms with Crippen LogP contribution in [-0.2, 0) is 0 Å². The highest BCUT2D eigenvalue weighted by Gasteiger charge is 2.13. The predicted molar refractivity (Wildman–Crippen MR) is 67.0 cm³/mol. The molecule has 15 heavy (non-hydrogen) atoms. The van der Waals surface area contributed by atoms with Crippen LogP contribution >= 0.6 is 15.9 Å². The van der Waals surface area contributed by atoms with Crippen LogP contribution in [0.5, 0.6) is 5.75 Å².